The van der Waals surface area contributed by atoms with Crippen molar-refractivity contribution in [2.45, 2.75) is 39.2 Å². The van der Waals surface area contributed by atoms with E-state index >= 15 is 0 Å². The van der Waals surface area contributed by atoms with E-state index in [1.54, 1.807) is 16.2 Å². The third-order valence-electron chi connectivity index (χ3n) is 2.68. The zero-order valence-corrected chi connectivity index (χ0v) is 11.6. The molecule has 1 aromatic heterocycles. The number of amides is 1. The topological polar surface area (TPSA) is 57.6 Å². The van der Waals surface area contributed by atoms with Crippen LogP contribution in [0.5, 0.6) is 0 Å². The number of nitrogens with zero attached hydrogens (tertiary/aromatic N) is 1. The Morgan fingerprint density at radius 2 is 2.11 bits per heavy atom. The van der Waals surface area contributed by atoms with Gasteiger partial charge < -0.3 is 10.0 Å². The van der Waals surface area contributed by atoms with Crippen LogP contribution in [0.1, 0.15) is 31.6 Å². The molecule has 1 amide bonds. The summed E-state index contributed by atoms with van der Waals surface area (Å²) < 4.78 is 0. The fourth-order valence-electron chi connectivity index (χ4n) is 1.72. The number of carboxylic acids is 1. The van der Waals surface area contributed by atoms with E-state index < -0.39 is 5.97 Å². The molecule has 4 nitrogen and oxygen atoms in total. The van der Waals surface area contributed by atoms with Crippen LogP contribution in [0.4, 0.5) is 0 Å². The first-order valence-electron chi connectivity index (χ1n) is 6.04. The molecule has 0 saturated heterocycles. The van der Waals surface area contributed by atoms with Gasteiger partial charge in [-0.1, -0.05) is 6.07 Å². The van der Waals surface area contributed by atoms with Crippen LogP contribution in [-0.2, 0) is 16.0 Å². The lowest BCUT2D eigenvalue weighted by Crippen LogP contribution is -2.38. The number of rotatable bonds is 7. The summed E-state index contributed by atoms with van der Waals surface area (Å²) in [6.07, 6.45) is 1.17. The second kappa shape index (κ2) is 7.16. The van der Waals surface area contributed by atoms with Crippen molar-refractivity contribution in [3.8, 4) is 0 Å². The number of carbonyl (C=O) groups is 2. The number of aliphatic carboxylic acids is 1. The van der Waals surface area contributed by atoms with Crippen LogP contribution in [0.2, 0.25) is 0 Å². The number of hydrogen-bond acceptors (Lipinski definition) is 3. The Morgan fingerprint density at radius 3 is 2.61 bits per heavy atom. The van der Waals surface area contributed by atoms with Gasteiger partial charge in [0.15, 0.2) is 0 Å². The van der Waals surface area contributed by atoms with Gasteiger partial charge >= 0.3 is 5.97 Å². The van der Waals surface area contributed by atoms with Crippen molar-refractivity contribution >= 4 is 23.2 Å². The molecule has 0 spiro atoms. The molecule has 1 rings (SSSR count). The molecule has 0 saturated carbocycles. The van der Waals surface area contributed by atoms with Gasteiger partial charge in [0, 0.05) is 23.9 Å². The van der Waals surface area contributed by atoms with Crippen molar-refractivity contribution < 1.29 is 14.7 Å². The Balaban J connectivity index is 2.46. The minimum Gasteiger partial charge on any atom is -0.481 e. The van der Waals surface area contributed by atoms with Crippen molar-refractivity contribution in [1.82, 2.24) is 4.90 Å². The Bertz CT molecular complexity index is 387. The van der Waals surface area contributed by atoms with Crippen LogP contribution >= 0.6 is 11.3 Å². The van der Waals surface area contributed by atoms with Crippen LogP contribution in [-0.4, -0.2) is 34.5 Å². The molecule has 0 unspecified atom stereocenters. The van der Waals surface area contributed by atoms with E-state index in [9.17, 15) is 9.59 Å². The van der Waals surface area contributed by atoms with Gasteiger partial charge in [-0.25, -0.2) is 0 Å². The first-order chi connectivity index (χ1) is 8.50. The van der Waals surface area contributed by atoms with E-state index in [4.69, 9.17) is 5.11 Å². The lowest BCUT2D eigenvalue weighted by molar-refractivity contribution is -0.139. The first-order valence-corrected chi connectivity index (χ1v) is 6.92. The van der Waals surface area contributed by atoms with Gasteiger partial charge in [-0.2, -0.15) is 0 Å². The highest BCUT2D eigenvalue weighted by Crippen LogP contribution is 2.13. The Labute approximate surface area is 111 Å². The highest BCUT2D eigenvalue weighted by atomic mass is 32.1. The van der Waals surface area contributed by atoms with E-state index in [1.807, 2.05) is 31.4 Å². The Hall–Kier alpha value is -1.36. The molecule has 18 heavy (non-hydrogen) atoms. The summed E-state index contributed by atoms with van der Waals surface area (Å²) in [5.41, 5.74) is 0. The van der Waals surface area contributed by atoms with Gasteiger partial charge in [-0.3, -0.25) is 9.59 Å². The summed E-state index contributed by atoms with van der Waals surface area (Å²) in [5, 5.41) is 10.7. The lowest BCUT2D eigenvalue weighted by Gasteiger charge is -2.26. The summed E-state index contributed by atoms with van der Waals surface area (Å²) in [5.74, 6) is -0.841. The molecule has 0 radical (unpaired) electrons. The smallest absolute Gasteiger partial charge is 0.305 e. The van der Waals surface area contributed by atoms with Crippen molar-refractivity contribution in [2.24, 2.45) is 0 Å². The summed E-state index contributed by atoms with van der Waals surface area (Å²) in [4.78, 5) is 25.4. The minimum atomic E-state index is -0.869. The highest BCUT2D eigenvalue weighted by molar-refractivity contribution is 7.09. The number of thiophene rings is 1. The standard InChI is InChI=1S/C13H19NO3S/c1-10(2)14(8-7-13(16)17)12(15)6-5-11-4-3-9-18-11/h3-4,9-10H,5-8H2,1-2H3,(H,16,17). The highest BCUT2D eigenvalue weighted by Gasteiger charge is 2.17. The molecule has 0 aliphatic heterocycles. The number of aryl methyl sites for hydroxylation is 1. The first kappa shape index (κ1) is 14.7. The van der Waals surface area contributed by atoms with E-state index in [2.05, 4.69) is 0 Å². The molecular formula is C13H19NO3S. The summed E-state index contributed by atoms with van der Waals surface area (Å²) in [7, 11) is 0. The molecule has 1 aromatic rings. The van der Waals surface area contributed by atoms with Crippen LogP contribution in [0.3, 0.4) is 0 Å². The van der Waals surface area contributed by atoms with Crippen molar-refractivity contribution in [2.75, 3.05) is 6.54 Å². The van der Waals surface area contributed by atoms with Crippen molar-refractivity contribution in [3.63, 3.8) is 0 Å². The molecule has 0 aliphatic carbocycles. The third kappa shape index (κ3) is 4.87. The predicted octanol–water partition coefficient (Wildman–Crippen LogP) is 2.39. The molecule has 0 fully saturated rings. The zero-order valence-electron chi connectivity index (χ0n) is 10.8. The van der Waals surface area contributed by atoms with Gasteiger partial charge in [0.1, 0.15) is 0 Å². The normalized spacial score (nSPS) is 10.6. The quantitative estimate of drug-likeness (QED) is 0.827. The largest absolute Gasteiger partial charge is 0.481 e. The predicted molar refractivity (Wildman–Crippen MR) is 71.7 cm³/mol. The SMILES string of the molecule is CC(C)N(CCC(=O)O)C(=O)CCc1cccs1. The zero-order chi connectivity index (χ0) is 13.5. The van der Waals surface area contributed by atoms with Gasteiger partial charge in [0.25, 0.3) is 0 Å². The van der Waals surface area contributed by atoms with Crippen LogP contribution in [0, 0.1) is 0 Å². The summed E-state index contributed by atoms with van der Waals surface area (Å²) in [6, 6.07) is 4.02. The molecule has 100 valence electrons. The fourth-order valence-corrected chi connectivity index (χ4v) is 2.42. The maximum absolute atomic E-state index is 12.0. The van der Waals surface area contributed by atoms with Crippen LogP contribution in [0.15, 0.2) is 17.5 Å². The van der Waals surface area contributed by atoms with Crippen molar-refractivity contribution in [1.29, 1.82) is 0 Å². The lowest BCUT2D eigenvalue weighted by atomic mass is 10.2. The number of carbonyl (C=O) groups excluding carboxylic acids is 1. The monoisotopic (exact) mass is 269 g/mol. The maximum atomic E-state index is 12.0. The second-order valence-corrected chi connectivity index (χ2v) is 5.44. The van der Waals surface area contributed by atoms with E-state index in [0.717, 1.165) is 6.42 Å². The van der Waals surface area contributed by atoms with E-state index in [1.165, 1.54) is 4.88 Å². The van der Waals surface area contributed by atoms with Gasteiger partial charge in [-0.05, 0) is 31.7 Å². The summed E-state index contributed by atoms with van der Waals surface area (Å²) >= 11 is 1.64. The Kier molecular flexibility index (Phi) is 5.85. The number of hydrogen-bond donors (Lipinski definition) is 1. The second-order valence-electron chi connectivity index (χ2n) is 4.40. The molecule has 1 heterocycles. The molecule has 5 heteroatoms. The van der Waals surface area contributed by atoms with Crippen molar-refractivity contribution in [3.05, 3.63) is 22.4 Å². The van der Waals surface area contributed by atoms with Gasteiger partial charge in [0.05, 0.1) is 6.42 Å². The number of carboxylic acid groups (broad SMARTS) is 1. The van der Waals surface area contributed by atoms with Gasteiger partial charge in [-0.15, -0.1) is 11.3 Å². The third-order valence-corrected chi connectivity index (χ3v) is 3.61. The molecule has 0 aromatic carbocycles. The minimum absolute atomic E-state index is 0.00290. The molecular weight excluding hydrogens is 250 g/mol. The maximum Gasteiger partial charge on any atom is 0.305 e. The molecule has 1 N–H and O–H groups in total. The van der Waals surface area contributed by atoms with Crippen LogP contribution in [0.25, 0.3) is 0 Å². The molecule has 0 bridgehead atoms. The van der Waals surface area contributed by atoms with Gasteiger partial charge in [0.2, 0.25) is 5.91 Å². The van der Waals surface area contributed by atoms with E-state index in [0.29, 0.717) is 6.42 Å². The molecule has 0 aliphatic rings. The molecule has 0 atom stereocenters. The fraction of sp³-hybridized carbons (Fsp3) is 0.538. The van der Waals surface area contributed by atoms with Crippen LogP contribution < -0.4 is 0 Å². The Morgan fingerprint density at radius 1 is 1.39 bits per heavy atom. The van der Waals surface area contributed by atoms with E-state index in [-0.39, 0.29) is 24.9 Å². The average molecular weight is 269 g/mol. The summed E-state index contributed by atoms with van der Waals surface area (Å²) in [6.45, 7) is 4.10. The average Bonchev–Trinajstić information content (AvgIpc) is 2.78.